The van der Waals surface area contributed by atoms with Crippen molar-refractivity contribution >= 4 is 11.8 Å². The van der Waals surface area contributed by atoms with Crippen molar-refractivity contribution in [2.24, 2.45) is 0 Å². The predicted octanol–water partition coefficient (Wildman–Crippen LogP) is -0.278. The molecule has 5 nitrogen and oxygen atoms in total. The minimum absolute atomic E-state index is 0.01000. The van der Waals surface area contributed by atoms with Crippen LogP contribution in [-0.4, -0.2) is 30.5 Å². The van der Waals surface area contributed by atoms with Crippen LogP contribution in [0.3, 0.4) is 0 Å². The molecule has 2 rings (SSSR count). The molecule has 14 heavy (non-hydrogen) atoms. The van der Waals surface area contributed by atoms with Crippen molar-refractivity contribution in [1.82, 2.24) is 5.32 Å². The molecule has 0 spiro atoms. The highest BCUT2D eigenvalue weighted by Crippen LogP contribution is 2.24. The lowest BCUT2D eigenvalue weighted by Gasteiger charge is -2.14. The van der Waals surface area contributed by atoms with Crippen LogP contribution in [0.25, 0.3) is 0 Å². The molecule has 0 aromatic carbocycles. The van der Waals surface area contributed by atoms with Gasteiger partial charge in [-0.1, -0.05) is 0 Å². The third-order valence-electron chi connectivity index (χ3n) is 2.13. The Labute approximate surface area is 81.1 Å². The summed E-state index contributed by atoms with van der Waals surface area (Å²) in [6.07, 6.45) is 0. The molecular weight excluding hydrogens is 186 g/mol. The van der Waals surface area contributed by atoms with Crippen molar-refractivity contribution in [3.8, 4) is 0 Å². The molecule has 0 radical (unpaired) electrons. The molecule has 0 atom stereocenters. The van der Waals surface area contributed by atoms with Crippen LogP contribution in [0.2, 0.25) is 0 Å². The van der Waals surface area contributed by atoms with Crippen LogP contribution in [0.15, 0.2) is 11.5 Å². The van der Waals surface area contributed by atoms with Gasteiger partial charge in [0.15, 0.2) is 5.88 Å². The zero-order chi connectivity index (χ0) is 10.3. The third kappa shape index (κ3) is 1.34. The van der Waals surface area contributed by atoms with E-state index in [1.807, 2.05) is 13.8 Å². The van der Waals surface area contributed by atoms with Gasteiger partial charge in [0, 0.05) is 0 Å². The van der Waals surface area contributed by atoms with E-state index in [1.165, 1.54) is 0 Å². The molecule has 1 N–H and O–H groups in total. The van der Waals surface area contributed by atoms with Crippen LogP contribution >= 0.6 is 0 Å². The minimum atomic E-state index is -0.803. The van der Waals surface area contributed by atoms with Crippen LogP contribution in [0.1, 0.15) is 13.8 Å². The summed E-state index contributed by atoms with van der Waals surface area (Å²) in [6.45, 7) is 4.43. The van der Waals surface area contributed by atoms with E-state index in [0.717, 1.165) is 0 Å². The fourth-order valence-electron chi connectivity index (χ4n) is 1.37. The van der Waals surface area contributed by atoms with Crippen molar-refractivity contribution in [2.45, 2.75) is 19.4 Å². The van der Waals surface area contributed by atoms with Gasteiger partial charge in [-0.05, 0) is 13.8 Å². The molecule has 2 saturated heterocycles. The monoisotopic (exact) mass is 197 g/mol. The van der Waals surface area contributed by atoms with Gasteiger partial charge in [-0.3, -0.25) is 4.79 Å². The van der Waals surface area contributed by atoms with Crippen molar-refractivity contribution < 1.29 is 19.1 Å². The van der Waals surface area contributed by atoms with Crippen LogP contribution < -0.4 is 5.32 Å². The Balaban J connectivity index is 2.26. The highest BCUT2D eigenvalue weighted by molar-refractivity contribution is 6.42. The van der Waals surface area contributed by atoms with Gasteiger partial charge in [-0.25, -0.2) is 4.79 Å². The average Bonchev–Trinajstić information content (AvgIpc) is 2.59. The molecule has 0 unspecified atom stereocenters. The maximum Gasteiger partial charge on any atom is 0.380 e. The number of esters is 1. The number of nitrogens with one attached hydrogen (secondary N) is 1. The van der Waals surface area contributed by atoms with E-state index in [-0.39, 0.29) is 12.2 Å². The van der Waals surface area contributed by atoms with Crippen molar-refractivity contribution in [3.05, 3.63) is 11.5 Å². The Morgan fingerprint density at radius 3 is 2.50 bits per heavy atom. The van der Waals surface area contributed by atoms with Gasteiger partial charge < -0.3 is 14.8 Å². The van der Waals surface area contributed by atoms with E-state index in [2.05, 4.69) is 10.1 Å². The van der Waals surface area contributed by atoms with Crippen LogP contribution in [-0.2, 0) is 19.1 Å². The molecule has 0 bridgehead atoms. The lowest BCUT2D eigenvalue weighted by atomic mass is 10.1. The third-order valence-corrected chi connectivity index (χ3v) is 2.13. The zero-order valence-corrected chi connectivity index (χ0v) is 8.05. The molecular formula is C9H11NO4. The number of ether oxygens (including phenoxy) is 2. The number of carbonyl (C=O) groups is 2. The summed E-state index contributed by atoms with van der Waals surface area (Å²) in [5, 5.41) is 2.94. The van der Waals surface area contributed by atoms with E-state index < -0.39 is 11.8 Å². The van der Waals surface area contributed by atoms with E-state index in [0.29, 0.717) is 18.0 Å². The first kappa shape index (κ1) is 9.05. The number of hydrogen-bond donors (Lipinski definition) is 1. The van der Waals surface area contributed by atoms with Gasteiger partial charge in [0.1, 0.15) is 17.8 Å². The average molecular weight is 197 g/mol. The molecule has 2 aliphatic heterocycles. The number of ketones is 1. The predicted molar refractivity (Wildman–Crippen MR) is 46.2 cm³/mol. The quantitative estimate of drug-likeness (QED) is 0.329. The Morgan fingerprint density at radius 1 is 1.36 bits per heavy atom. The normalized spacial score (nSPS) is 29.9. The van der Waals surface area contributed by atoms with E-state index in [9.17, 15) is 9.59 Å². The van der Waals surface area contributed by atoms with Crippen molar-refractivity contribution in [2.75, 3.05) is 13.2 Å². The highest BCUT2D eigenvalue weighted by Gasteiger charge is 2.37. The number of hydrogen-bond acceptors (Lipinski definition) is 5. The summed E-state index contributed by atoms with van der Waals surface area (Å²) < 4.78 is 10.1. The number of cyclic esters (lactones) is 1. The Kier molecular flexibility index (Phi) is 1.77. The second-order valence-electron chi connectivity index (χ2n) is 3.93. The largest absolute Gasteiger partial charge is 0.471 e. The number of carbonyl (C=O) groups excluding carboxylic acids is 2. The lowest BCUT2D eigenvalue weighted by Crippen LogP contribution is -2.23. The summed E-state index contributed by atoms with van der Waals surface area (Å²) in [5.41, 5.74) is -0.0468. The van der Waals surface area contributed by atoms with Crippen LogP contribution in [0.4, 0.5) is 0 Å². The molecule has 2 fully saturated rings. The van der Waals surface area contributed by atoms with Crippen molar-refractivity contribution in [3.63, 3.8) is 0 Å². The van der Waals surface area contributed by atoms with E-state index in [4.69, 9.17) is 4.74 Å². The summed E-state index contributed by atoms with van der Waals surface area (Å²) in [6, 6.07) is 0. The molecule has 0 aromatic rings. The Bertz CT molecular complexity index is 343. The smallest absolute Gasteiger partial charge is 0.380 e. The van der Waals surface area contributed by atoms with Gasteiger partial charge in [0.25, 0.3) is 5.78 Å². The minimum Gasteiger partial charge on any atom is -0.471 e. The van der Waals surface area contributed by atoms with Gasteiger partial charge in [0.2, 0.25) is 0 Å². The van der Waals surface area contributed by atoms with Gasteiger partial charge in [-0.2, -0.15) is 0 Å². The fraction of sp³-hybridized carbons (Fsp3) is 0.556. The molecule has 0 amide bonds. The molecule has 0 aromatic heterocycles. The summed E-state index contributed by atoms with van der Waals surface area (Å²) in [5.74, 6) is -1.03. The molecule has 2 heterocycles. The molecule has 76 valence electrons. The topological polar surface area (TPSA) is 64.6 Å². The van der Waals surface area contributed by atoms with Crippen LogP contribution in [0, 0.1) is 0 Å². The SMILES string of the molecule is CC1(C)CNC(=C2COC(=O)C2=O)O1. The summed E-state index contributed by atoms with van der Waals surface area (Å²) in [4.78, 5) is 22.1. The standard InChI is InChI=1S/C9H11NO4/c1-9(2)4-10-7(14-9)5-3-13-8(12)6(5)11/h10H,3-4H2,1-2H3. The molecule has 5 heteroatoms. The summed E-state index contributed by atoms with van der Waals surface area (Å²) >= 11 is 0. The highest BCUT2D eigenvalue weighted by atomic mass is 16.6. The second-order valence-corrected chi connectivity index (χ2v) is 3.93. The maximum atomic E-state index is 11.3. The first-order valence-electron chi connectivity index (χ1n) is 4.37. The van der Waals surface area contributed by atoms with Crippen molar-refractivity contribution in [1.29, 1.82) is 0 Å². The van der Waals surface area contributed by atoms with Crippen LogP contribution in [0.5, 0.6) is 0 Å². The fourth-order valence-corrected chi connectivity index (χ4v) is 1.37. The first-order valence-corrected chi connectivity index (χ1v) is 4.37. The first-order chi connectivity index (χ1) is 6.49. The second kappa shape index (κ2) is 2.73. The van der Waals surface area contributed by atoms with Gasteiger partial charge in [0.05, 0.1) is 6.54 Å². The zero-order valence-electron chi connectivity index (χ0n) is 8.05. The number of Topliss-reactive ketones (excluding diaryl/α,β-unsaturated/α-hetero) is 1. The Morgan fingerprint density at radius 2 is 2.07 bits per heavy atom. The molecule has 2 aliphatic rings. The summed E-state index contributed by atoms with van der Waals surface area (Å²) in [7, 11) is 0. The van der Waals surface area contributed by atoms with E-state index in [1.54, 1.807) is 0 Å². The molecule has 0 aliphatic carbocycles. The number of rotatable bonds is 0. The lowest BCUT2D eigenvalue weighted by molar-refractivity contribution is -0.146. The van der Waals surface area contributed by atoms with Gasteiger partial charge >= 0.3 is 5.97 Å². The van der Waals surface area contributed by atoms with Gasteiger partial charge in [-0.15, -0.1) is 0 Å². The molecule has 0 saturated carbocycles. The van der Waals surface area contributed by atoms with E-state index >= 15 is 0 Å². The maximum absolute atomic E-state index is 11.3. The Hall–Kier alpha value is -1.52.